The third-order valence-electron chi connectivity index (χ3n) is 4.16. The lowest BCUT2D eigenvalue weighted by Crippen LogP contribution is -2.41. The van der Waals surface area contributed by atoms with Gasteiger partial charge in [0.25, 0.3) is 5.91 Å². The molecule has 0 radical (unpaired) electrons. The molecule has 1 aliphatic heterocycles. The third kappa shape index (κ3) is 4.91. The number of rotatable bonds is 7. The van der Waals surface area contributed by atoms with Crippen molar-refractivity contribution in [3.63, 3.8) is 0 Å². The minimum Gasteiger partial charge on any atom is -0.494 e. The van der Waals surface area contributed by atoms with E-state index >= 15 is 0 Å². The fraction of sp³-hybridized carbons (Fsp3) is 0.300. The van der Waals surface area contributed by atoms with Gasteiger partial charge in [-0.15, -0.1) is 0 Å². The summed E-state index contributed by atoms with van der Waals surface area (Å²) in [6, 6.07) is 17.4. The van der Waals surface area contributed by atoms with E-state index in [1.165, 1.54) is 0 Å². The van der Waals surface area contributed by atoms with Crippen molar-refractivity contribution >= 4 is 12.1 Å². The molecule has 2 aromatic carbocycles. The van der Waals surface area contributed by atoms with Crippen LogP contribution in [0.3, 0.4) is 0 Å². The Morgan fingerprint density at radius 2 is 1.96 bits per heavy atom. The van der Waals surface area contributed by atoms with Crippen LogP contribution in [0.2, 0.25) is 0 Å². The molecule has 2 unspecified atom stereocenters. The zero-order valence-corrected chi connectivity index (χ0v) is 14.8. The minimum atomic E-state index is -0.330. The van der Waals surface area contributed by atoms with Gasteiger partial charge in [-0.3, -0.25) is 4.79 Å². The zero-order chi connectivity index (χ0) is 18.2. The highest BCUT2D eigenvalue weighted by molar-refractivity contribution is 5.85. The molecule has 6 nitrogen and oxygen atoms in total. The molecule has 0 saturated carbocycles. The zero-order valence-electron chi connectivity index (χ0n) is 14.8. The van der Waals surface area contributed by atoms with Crippen molar-refractivity contribution in [1.82, 2.24) is 16.3 Å². The average molecular weight is 352 g/mol. The number of hydrazone groups is 1. The van der Waals surface area contributed by atoms with Gasteiger partial charge in [0.1, 0.15) is 11.8 Å². The van der Waals surface area contributed by atoms with Crippen LogP contribution in [0.25, 0.3) is 0 Å². The second-order valence-electron chi connectivity index (χ2n) is 6.19. The van der Waals surface area contributed by atoms with E-state index < -0.39 is 0 Å². The predicted octanol–water partition coefficient (Wildman–Crippen LogP) is 2.53. The van der Waals surface area contributed by atoms with E-state index in [0.29, 0.717) is 13.0 Å². The maximum Gasteiger partial charge on any atom is 0.258 e. The first-order valence-corrected chi connectivity index (χ1v) is 8.88. The summed E-state index contributed by atoms with van der Waals surface area (Å²) in [4.78, 5) is 12.2. The molecule has 3 N–H and O–H groups in total. The number of nitrogens with one attached hydrogen (secondary N) is 3. The predicted molar refractivity (Wildman–Crippen MR) is 102 cm³/mol. The lowest BCUT2D eigenvalue weighted by molar-refractivity contribution is -0.122. The van der Waals surface area contributed by atoms with Gasteiger partial charge in [0.05, 0.1) is 12.8 Å². The topological polar surface area (TPSA) is 74.8 Å². The number of ether oxygens (including phenoxy) is 1. The molecule has 2 atom stereocenters. The van der Waals surface area contributed by atoms with Crippen LogP contribution in [0.1, 0.15) is 36.9 Å². The van der Waals surface area contributed by atoms with Crippen LogP contribution in [0, 0.1) is 0 Å². The molecule has 1 fully saturated rings. The number of carbonyl (C=O) groups excluding carboxylic acids is 1. The van der Waals surface area contributed by atoms with Crippen molar-refractivity contribution in [3.05, 3.63) is 65.7 Å². The van der Waals surface area contributed by atoms with Crippen molar-refractivity contribution in [2.45, 2.75) is 31.8 Å². The van der Waals surface area contributed by atoms with Gasteiger partial charge in [-0.05, 0) is 36.1 Å². The van der Waals surface area contributed by atoms with Crippen molar-refractivity contribution < 1.29 is 9.53 Å². The Hall–Kier alpha value is -2.70. The molecule has 3 rings (SSSR count). The third-order valence-corrected chi connectivity index (χ3v) is 4.16. The van der Waals surface area contributed by atoms with Crippen molar-refractivity contribution in [2.24, 2.45) is 5.10 Å². The van der Waals surface area contributed by atoms with Gasteiger partial charge < -0.3 is 4.74 Å². The van der Waals surface area contributed by atoms with Crippen LogP contribution in [-0.2, 0) is 4.79 Å². The van der Waals surface area contributed by atoms with Crippen molar-refractivity contribution in [1.29, 1.82) is 0 Å². The smallest absolute Gasteiger partial charge is 0.258 e. The first-order chi connectivity index (χ1) is 12.8. The van der Waals surface area contributed by atoms with Gasteiger partial charge in [0.2, 0.25) is 0 Å². The number of amides is 1. The second kappa shape index (κ2) is 9.12. The first kappa shape index (κ1) is 18.1. The molecule has 1 amide bonds. The molecule has 2 aromatic rings. The maximum absolute atomic E-state index is 12.2. The van der Waals surface area contributed by atoms with Crippen LogP contribution in [0.4, 0.5) is 0 Å². The van der Waals surface area contributed by atoms with E-state index in [2.05, 4.69) is 28.3 Å². The summed E-state index contributed by atoms with van der Waals surface area (Å²) in [5, 5.41) is 4.02. The van der Waals surface area contributed by atoms with Gasteiger partial charge in [-0.2, -0.15) is 5.10 Å². The van der Waals surface area contributed by atoms with E-state index in [0.717, 1.165) is 23.3 Å². The fourth-order valence-electron chi connectivity index (χ4n) is 2.75. The van der Waals surface area contributed by atoms with Gasteiger partial charge in [0.15, 0.2) is 0 Å². The Morgan fingerprint density at radius 1 is 1.19 bits per heavy atom. The lowest BCUT2D eigenvalue weighted by atomic mass is 10.0. The van der Waals surface area contributed by atoms with Crippen LogP contribution >= 0.6 is 0 Å². The molecule has 1 heterocycles. The maximum atomic E-state index is 12.2. The van der Waals surface area contributed by atoms with Crippen molar-refractivity contribution in [3.8, 4) is 5.75 Å². The standard InChI is InChI=1S/C20H24N4O2/c1-2-12-26-17-10-8-16(9-11-17)18-13-19(23-22-18)20(25)24-21-14-15-6-4-3-5-7-15/h3-11,14,18-19,22-23H,2,12-13H2,1H3,(H,24,25)/b21-14+. The number of hydrazine groups is 1. The number of hydrogen-bond acceptors (Lipinski definition) is 5. The van der Waals surface area contributed by atoms with Crippen LogP contribution < -0.4 is 21.0 Å². The van der Waals surface area contributed by atoms with Crippen LogP contribution in [0.15, 0.2) is 59.7 Å². The van der Waals surface area contributed by atoms with Crippen LogP contribution in [0.5, 0.6) is 5.75 Å². The Labute approximate surface area is 153 Å². The summed E-state index contributed by atoms with van der Waals surface area (Å²) >= 11 is 0. The first-order valence-electron chi connectivity index (χ1n) is 8.88. The molecule has 0 aromatic heterocycles. The highest BCUT2D eigenvalue weighted by Gasteiger charge is 2.29. The van der Waals surface area contributed by atoms with Gasteiger partial charge in [-0.25, -0.2) is 16.3 Å². The summed E-state index contributed by atoms with van der Waals surface area (Å²) in [7, 11) is 0. The number of nitrogens with zero attached hydrogens (tertiary/aromatic N) is 1. The van der Waals surface area contributed by atoms with Gasteiger partial charge >= 0.3 is 0 Å². The molecule has 0 bridgehead atoms. The van der Waals surface area contributed by atoms with E-state index in [-0.39, 0.29) is 18.0 Å². The second-order valence-corrected chi connectivity index (χ2v) is 6.19. The highest BCUT2D eigenvalue weighted by atomic mass is 16.5. The molecule has 136 valence electrons. The Kier molecular flexibility index (Phi) is 6.35. The number of carbonyl (C=O) groups is 1. The monoisotopic (exact) mass is 352 g/mol. The Morgan fingerprint density at radius 3 is 2.69 bits per heavy atom. The largest absolute Gasteiger partial charge is 0.494 e. The van der Waals surface area contributed by atoms with E-state index in [9.17, 15) is 4.79 Å². The van der Waals surface area contributed by atoms with E-state index in [1.54, 1.807) is 6.21 Å². The summed E-state index contributed by atoms with van der Waals surface area (Å²) in [6.07, 6.45) is 3.27. The minimum absolute atomic E-state index is 0.0732. The van der Waals surface area contributed by atoms with E-state index in [1.807, 2.05) is 54.6 Å². The van der Waals surface area contributed by atoms with Gasteiger partial charge in [-0.1, -0.05) is 49.4 Å². The number of hydrogen-bond donors (Lipinski definition) is 3. The average Bonchev–Trinajstić information content (AvgIpc) is 3.18. The lowest BCUT2D eigenvalue weighted by Gasteiger charge is -2.11. The summed E-state index contributed by atoms with van der Waals surface area (Å²) in [5.74, 6) is 0.709. The Bertz CT molecular complexity index is 731. The van der Waals surface area contributed by atoms with Crippen molar-refractivity contribution in [2.75, 3.05) is 6.61 Å². The molecular weight excluding hydrogens is 328 g/mol. The quantitative estimate of drug-likeness (QED) is 0.529. The van der Waals surface area contributed by atoms with Crippen LogP contribution in [-0.4, -0.2) is 24.8 Å². The number of benzene rings is 2. The van der Waals surface area contributed by atoms with Gasteiger partial charge in [0, 0.05) is 6.04 Å². The fourth-order valence-corrected chi connectivity index (χ4v) is 2.75. The molecule has 26 heavy (non-hydrogen) atoms. The molecular formula is C20H24N4O2. The summed E-state index contributed by atoms with van der Waals surface area (Å²) in [6.45, 7) is 2.80. The SMILES string of the molecule is CCCOc1ccc(C2CC(C(=O)N/N=C/c3ccccc3)NN2)cc1. The molecule has 1 saturated heterocycles. The normalized spacial score (nSPS) is 19.6. The molecule has 0 aliphatic carbocycles. The molecule has 1 aliphatic rings. The summed E-state index contributed by atoms with van der Waals surface area (Å²) in [5.41, 5.74) is 10.8. The van der Waals surface area contributed by atoms with E-state index in [4.69, 9.17) is 4.74 Å². The highest BCUT2D eigenvalue weighted by Crippen LogP contribution is 2.24. The summed E-state index contributed by atoms with van der Waals surface area (Å²) < 4.78 is 5.60. The molecule has 6 heteroatoms. The Balaban J connectivity index is 1.49. The molecule has 0 spiro atoms.